The van der Waals surface area contributed by atoms with Crippen LogP contribution in [0.15, 0.2) is 47.4 Å². The average Bonchev–Trinajstić information content (AvgIpc) is 2.55. The standard InChI is InChI=1S/C19H24N2O2S/c1-13(2)14-5-9-19(10-6-14)24(22,23)21-18-8-4-15-11-17(20)7-3-16(15)12-18/h4-6,8-10,12-13,17,21H,3,7,11,20H2,1-2H3/t17-/m0/s1. The number of sulfonamides is 1. The molecule has 1 aliphatic carbocycles. The van der Waals surface area contributed by atoms with E-state index in [4.69, 9.17) is 5.73 Å². The smallest absolute Gasteiger partial charge is 0.261 e. The van der Waals surface area contributed by atoms with Crippen molar-refractivity contribution in [1.29, 1.82) is 0 Å². The molecule has 0 aliphatic heterocycles. The van der Waals surface area contributed by atoms with Crippen LogP contribution >= 0.6 is 0 Å². The number of fused-ring (bicyclic) bond motifs is 1. The number of hydrogen-bond donors (Lipinski definition) is 2. The van der Waals surface area contributed by atoms with Crippen LogP contribution in [-0.4, -0.2) is 14.5 Å². The summed E-state index contributed by atoms with van der Waals surface area (Å²) in [5.41, 5.74) is 10.1. The second-order valence-corrected chi connectivity index (χ2v) is 8.50. The van der Waals surface area contributed by atoms with E-state index in [1.165, 1.54) is 11.1 Å². The molecule has 0 fully saturated rings. The molecule has 0 amide bonds. The molecule has 1 aliphatic rings. The molecule has 0 radical (unpaired) electrons. The zero-order chi connectivity index (χ0) is 17.3. The molecule has 0 saturated heterocycles. The third-order valence-electron chi connectivity index (χ3n) is 4.58. The van der Waals surface area contributed by atoms with Gasteiger partial charge in [0.15, 0.2) is 0 Å². The quantitative estimate of drug-likeness (QED) is 0.892. The Labute approximate surface area is 144 Å². The number of anilines is 1. The van der Waals surface area contributed by atoms with Gasteiger partial charge >= 0.3 is 0 Å². The van der Waals surface area contributed by atoms with E-state index in [0.717, 1.165) is 24.8 Å². The van der Waals surface area contributed by atoms with Gasteiger partial charge in [0.1, 0.15) is 0 Å². The van der Waals surface area contributed by atoms with E-state index in [2.05, 4.69) is 18.6 Å². The first kappa shape index (κ1) is 17.0. The molecule has 2 aromatic carbocycles. The fourth-order valence-corrected chi connectivity index (χ4v) is 4.14. The summed E-state index contributed by atoms with van der Waals surface area (Å²) >= 11 is 0. The number of nitrogens with two attached hydrogens (primary N) is 1. The van der Waals surface area contributed by atoms with Crippen LogP contribution in [0.4, 0.5) is 5.69 Å². The minimum atomic E-state index is -3.57. The molecule has 2 aromatic rings. The van der Waals surface area contributed by atoms with E-state index in [1.807, 2.05) is 30.3 Å². The maximum atomic E-state index is 12.6. The van der Waals surface area contributed by atoms with Gasteiger partial charge in [-0.3, -0.25) is 4.72 Å². The fraction of sp³-hybridized carbons (Fsp3) is 0.368. The molecule has 0 unspecified atom stereocenters. The van der Waals surface area contributed by atoms with Gasteiger partial charge < -0.3 is 5.73 Å². The van der Waals surface area contributed by atoms with Crippen molar-refractivity contribution in [2.75, 3.05) is 4.72 Å². The van der Waals surface area contributed by atoms with Crippen molar-refractivity contribution >= 4 is 15.7 Å². The van der Waals surface area contributed by atoms with Gasteiger partial charge in [-0.25, -0.2) is 8.42 Å². The monoisotopic (exact) mass is 344 g/mol. The van der Waals surface area contributed by atoms with E-state index in [9.17, 15) is 8.42 Å². The summed E-state index contributed by atoms with van der Waals surface area (Å²) in [7, 11) is -3.57. The lowest BCUT2D eigenvalue weighted by Crippen LogP contribution is -2.27. The van der Waals surface area contributed by atoms with E-state index >= 15 is 0 Å². The maximum absolute atomic E-state index is 12.6. The molecule has 3 N–H and O–H groups in total. The summed E-state index contributed by atoms with van der Waals surface area (Å²) in [6.45, 7) is 4.17. The Kier molecular flexibility index (Phi) is 4.65. The molecule has 128 valence electrons. The van der Waals surface area contributed by atoms with Gasteiger partial charge in [0, 0.05) is 11.7 Å². The molecule has 1 atom stereocenters. The van der Waals surface area contributed by atoms with Crippen LogP contribution in [-0.2, 0) is 22.9 Å². The van der Waals surface area contributed by atoms with Gasteiger partial charge in [0.2, 0.25) is 0 Å². The Morgan fingerprint density at radius 2 is 1.79 bits per heavy atom. The normalized spacial score (nSPS) is 17.6. The summed E-state index contributed by atoms with van der Waals surface area (Å²) in [4.78, 5) is 0.284. The van der Waals surface area contributed by atoms with Crippen LogP contribution in [0.5, 0.6) is 0 Å². The summed E-state index contributed by atoms with van der Waals surface area (Å²) < 4.78 is 27.8. The molecule has 0 heterocycles. The predicted molar refractivity (Wildman–Crippen MR) is 97.8 cm³/mol. The topological polar surface area (TPSA) is 72.2 Å². The SMILES string of the molecule is CC(C)c1ccc(S(=O)(=O)Nc2ccc3c(c2)CC[C@H](N)C3)cc1. The predicted octanol–water partition coefficient (Wildman–Crippen LogP) is 3.43. The Hall–Kier alpha value is -1.85. The zero-order valence-electron chi connectivity index (χ0n) is 14.1. The van der Waals surface area contributed by atoms with Crippen molar-refractivity contribution in [3.8, 4) is 0 Å². The number of aryl methyl sites for hydroxylation is 1. The van der Waals surface area contributed by atoms with Gasteiger partial charge in [0.25, 0.3) is 10.0 Å². The highest BCUT2D eigenvalue weighted by Gasteiger charge is 2.18. The van der Waals surface area contributed by atoms with Crippen molar-refractivity contribution < 1.29 is 8.42 Å². The second-order valence-electron chi connectivity index (χ2n) is 6.82. The molecule has 0 aromatic heterocycles. The van der Waals surface area contributed by atoms with Crippen molar-refractivity contribution in [2.24, 2.45) is 5.73 Å². The van der Waals surface area contributed by atoms with Gasteiger partial charge in [0.05, 0.1) is 4.90 Å². The first-order valence-corrected chi connectivity index (χ1v) is 9.83. The summed E-state index contributed by atoms with van der Waals surface area (Å²) in [5, 5.41) is 0. The second kappa shape index (κ2) is 6.57. The van der Waals surface area contributed by atoms with Crippen LogP contribution in [0.1, 0.15) is 42.9 Å². The van der Waals surface area contributed by atoms with E-state index < -0.39 is 10.0 Å². The first-order valence-electron chi connectivity index (χ1n) is 8.35. The molecule has 5 heteroatoms. The van der Waals surface area contributed by atoms with Crippen molar-refractivity contribution in [3.05, 3.63) is 59.2 Å². The van der Waals surface area contributed by atoms with E-state index in [0.29, 0.717) is 11.6 Å². The van der Waals surface area contributed by atoms with Gasteiger partial charge in [-0.1, -0.05) is 32.0 Å². The summed E-state index contributed by atoms with van der Waals surface area (Å²) in [5.74, 6) is 0.377. The fourth-order valence-electron chi connectivity index (χ4n) is 3.09. The van der Waals surface area contributed by atoms with Crippen LogP contribution in [0.2, 0.25) is 0 Å². The van der Waals surface area contributed by atoms with Crippen LogP contribution in [0.25, 0.3) is 0 Å². The highest BCUT2D eigenvalue weighted by atomic mass is 32.2. The number of nitrogens with one attached hydrogen (secondary N) is 1. The van der Waals surface area contributed by atoms with Crippen LogP contribution in [0, 0.1) is 0 Å². The van der Waals surface area contributed by atoms with Crippen molar-refractivity contribution in [2.45, 2.75) is 50.0 Å². The average molecular weight is 344 g/mol. The van der Waals surface area contributed by atoms with Crippen LogP contribution in [0.3, 0.4) is 0 Å². The van der Waals surface area contributed by atoms with E-state index in [-0.39, 0.29) is 10.9 Å². The Morgan fingerprint density at radius 1 is 1.08 bits per heavy atom. The summed E-state index contributed by atoms with van der Waals surface area (Å²) in [6.07, 6.45) is 2.70. The number of benzene rings is 2. The molecule has 24 heavy (non-hydrogen) atoms. The molecular weight excluding hydrogens is 320 g/mol. The molecule has 0 saturated carbocycles. The Balaban J connectivity index is 1.82. The third kappa shape index (κ3) is 3.62. The Bertz CT molecular complexity index is 827. The summed E-state index contributed by atoms with van der Waals surface area (Å²) in [6, 6.07) is 13.0. The minimum absolute atomic E-state index is 0.208. The molecule has 0 spiro atoms. The molecule has 4 nitrogen and oxygen atoms in total. The van der Waals surface area contributed by atoms with Crippen LogP contribution < -0.4 is 10.5 Å². The lowest BCUT2D eigenvalue weighted by atomic mass is 9.88. The van der Waals surface area contributed by atoms with Gasteiger partial charge in [-0.15, -0.1) is 0 Å². The van der Waals surface area contributed by atoms with E-state index in [1.54, 1.807) is 12.1 Å². The largest absolute Gasteiger partial charge is 0.327 e. The first-order chi connectivity index (χ1) is 11.3. The van der Waals surface area contributed by atoms with Crippen molar-refractivity contribution in [1.82, 2.24) is 0 Å². The number of rotatable bonds is 4. The lowest BCUT2D eigenvalue weighted by molar-refractivity contribution is 0.576. The lowest BCUT2D eigenvalue weighted by Gasteiger charge is -2.22. The van der Waals surface area contributed by atoms with Gasteiger partial charge in [-0.2, -0.15) is 0 Å². The van der Waals surface area contributed by atoms with Crippen molar-refractivity contribution in [3.63, 3.8) is 0 Å². The highest BCUT2D eigenvalue weighted by molar-refractivity contribution is 7.92. The molecule has 3 rings (SSSR count). The molecular formula is C19H24N2O2S. The molecule has 0 bridgehead atoms. The third-order valence-corrected chi connectivity index (χ3v) is 5.98. The Morgan fingerprint density at radius 3 is 2.46 bits per heavy atom. The van der Waals surface area contributed by atoms with Gasteiger partial charge in [-0.05, 0) is 66.1 Å². The maximum Gasteiger partial charge on any atom is 0.261 e. The highest BCUT2D eigenvalue weighted by Crippen LogP contribution is 2.26. The zero-order valence-corrected chi connectivity index (χ0v) is 14.9. The number of hydrogen-bond acceptors (Lipinski definition) is 3. The minimum Gasteiger partial charge on any atom is -0.327 e.